The van der Waals surface area contributed by atoms with E-state index in [-0.39, 0.29) is 0 Å². The Bertz CT molecular complexity index is 274. The van der Waals surface area contributed by atoms with Gasteiger partial charge in [0.1, 0.15) is 5.82 Å². The Morgan fingerprint density at radius 3 is 2.46 bits per heavy atom. The summed E-state index contributed by atoms with van der Waals surface area (Å²) in [5.41, 5.74) is 6.90. The van der Waals surface area contributed by atoms with Gasteiger partial charge in [0.15, 0.2) is 0 Å². The number of hydrogen-bond acceptors (Lipinski definition) is 2. The molecule has 0 aliphatic rings. The fraction of sp³-hybridized carbons (Fsp3) is 0.700. The summed E-state index contributed by atoms with van der Waals surface area (Å²) in [5.74, 6) is 1.28. The Morgan fingerprint density at radius 2 is 2.00 bits per heavy atom. The molecule has 0 amide bonds. The first kappa shape index (κ1) is 10.1. The highest BCUT2D eigenvalue weighted by molar-refractivity contribution is 5.30. The van der Waals surface area contributed by atoms with Gasteiger partial charge in [0, 0.05) is 17.8 Å². The van der Waals surface area contributed by atoms with Crippen molar-refractivity contribution in [2.45, 2.75) is 40.2 Å². The molecular weight excluding hydrogens is 162 g/mol. The van der Waals surface area contributed by atoms with Crippen molar-refractivity contribution >= 4 is 5.82 Å². The summed E-state index contributed by atoms with van der Waals surface area (Å²) >= 11 is 0. The average molecular weight is 181 g/mol. The lowest BCUT2D eigenvalue weighted by Gasteiger charge is -2.11. The highest BCUT2D eigenvalue weighted by Gasteiger charge is 2.09. The molecule has 0 saturated carbocycles. The van der Waals surface area contributed by atoms with Gasteiger partial charge in [-0.3, -0.25) is 4.68 Å². The summed E-state index contributed by atoms with van der Waals surface area (Å²) in [7, 11) is 0. The summed E-state index contributed by atoms with van der Waals surface area (Å²) in [5, 5.41) is 4.26. The molecule has 1 heterocycles. The van der Waals surface area contributed by atoms with Crippen molar-refractivity contribution in [2.75, 3.05) is 5.73 Å². The first-order valence-corrected chi connectivity index (χ1v) is 4.84. The van der Waals surface area contributed by atoms with Crippen molar-refractivity contribution < 1.29 is 0 Å². The zero-order valence-corrected chi connectivity index (χ0v) is 8.91. The minimum atomic E-state index is 0.394. The van der Waals surface area contributed by atoms with Crippen LogP contribution in [0.15, 0.2) is 6.07 Å². The van der Waals surface area contributed by atoms with Gasteiger partial charge in [0.25, 0.3) is 0 Å². The molecule has 13 heavy (non-hydrogen) atoms. The molecule has 0 radical (unpaired) electrons. The van der Waals surface area contributed by atoms with Gasteiger partial charge in [-0.1, -0.05) is 13.8 Å². The van der Waals surface area contributed by atoms with E-state index in [9.17, 15) is 0 Å². The van der Waals surface area contributed by atoms with E-state index < -0.39 is 0 Å². The molecule has 3 heteroatoms. The maximum atomic E-state index is 5.66. The lowest BCUT2D eigenvalue weighted by Crippen LogP contribution is -2.09. The predicted molar refractivity (Wildman–Crippen MR) is 55.6 cm³/mol. The monoisotopic (exact) mass is 181 g/mol. The highest BCUT2D eigenvalue weighted by atomic mass is 15.3. The molecule has 1 rings (SSSR count). The largest absolute Gasteiger partial charge is 0.382 e. The highest BCUT2D eigenvalue weighted by Crippen LogP contribution is 2.15. The molecular formula is C10H19N3. The van der Waals surface area contributed by atoms with E-state index in [0.29, 0.717) is 17.8 Å². The number of nitrogens with zero attached hydrogens (tertiary/aromatic N) is 2. The normalized spacial score (nSPS) is 11.5. The van der Waals surface area contributed by atoms with Crippen molar-refractivity contribution in [1.29, 1.82) is 0 Å². The Hall–Kier alpha value is -0.990. The Kier molecular flexibility index (Phi) is 2.96. The van der Waals surface area contributed by atoms with Crippen LogP contribution in [0.5, 0.6) is 0 Å². The first-order valence-electron chi connectivity index (χ1n) is 4.84. The van der Waals surface area contributed by atoms with E-state index in [1.165, 1.54) is 5.69 Å². The number of nitrogen functional groups attached to an aromatic ring is 1. The molecule has 3 nitrogen and oxygen atoms in total. The van der Waals surface area contributed by atoms with Gasteiger partial charge in [0.2, 0.25) is 0 Å². The standard InChI is InChI=1S/C10H19N3/c1-7(2)5-9-6-10(11)12-13(9)8(3)4/h6-8H,5H2,1-4H3,(H2,11,12). The molecule has 1 aromatic rings. The van der Waals surface area contributed by atoms with Crippen LogP contribution in [-0.2, 0) is 6.42 Å². The van der Waals surface area contributed by atoms with Gasteiger partial charge in [-0.15, -0.1) is 0 Å². The van der Waals surface area contributed by atoms with Gasteiger partial charge < -0.3 is 5.73 Å². The zero-order valence-electron chi connectivity index (χ0n) is 8.91. The molecule has 0 unspecified atom stereocenters. The van der Waals surface area contributed by atoms with E-state index in [1.807, 2.05) is 10.7 Å². The molecule has 0 bridgehead atoms. The third-order valence-electron chi connectivity index (χ3n) is 1.94. The Morgan fingerprint density at radius 1 is 1.38 bits per heavy atom. The van der Waals surface area contributed by atoms with E-state index in [0.717, 1.165) is 6.42 Å². The number of anilines is 1. The van der Waals surface area contributed by atoms with E-state index in [4.69, 9.17) is 5.73 Å². The van der Waals surface area contributed by atoms with E-state index >= 15 is 0 Å². The molecule has 0 atom stereocenters. The third kappa shape index (κ3) is 2.47. The van der Waals surface area contributed by atoms with Crippen molar-refractivity contribution in [2.24, 2.45) is 5.92 Å². The number of nitrogens with two attached hydrogens (primary N) is 1. The van der Waals surface area contributed by atoms with Crippen LogP contribution in [0.3, 0.4) is 0 Å². The van der Waals surface area contributed by atoms with Crippen molar-refractivity contribution in [3.05, 3.63) is 11.8 Å². The summed E-state index contributed by atoms with van der Waals surface area (Å²) in [6.07, 6.45) is 1.04. The minimum Gasteiger partial charge on any atom is -0.382 e. The molecule has 2 N–H and O–H groups in total. The second-order valence-electron chi connectivity index (χ2n) is 4.20. The fourth-order valence-electron chi connectivity index (χ4n) is 1.47. The van der Waals surface area contributed by atoms with Gasteiger partial charge in [-0.05, 0) is 26.2 Å². The van der Waals surface area contributed by atoms with Gasteiger partial charge in [0.05, 0.1) is 0 Å². The summed E-state index contributed by atoms with van der Waals surface area (Å²) in [4.78, 5) is 0. The maximum absolute atomic E-state index is 5.66. The van der Waals surface area contributed by atoms with E-state index in [2.05, 4.69) is 32.8 Å². The van der Waals surface area contributed by atoms with Crippen LogP contribution in [0, 0.1) is 5.92 Å². The fourth-order valence-corrected chi connectivity index (χ4v) is 1.47. The third-order valence-corrected chi connectivity index (χ3v) is 1.94. The van der Waals surface area contributed by atoms with Crippen molar-refractivity contribution in [3.63, 3.8) is 0 Å². The van der Waals surface area contributed by atoms with Crippen LogP contribution in [0.25, 0.3) is 0 Å². The number of rotatable bonds is 3. The summed E-state index contributed by atoms with van der Waals surface area (Å²) < 4.78 is 2.01. The molecule has 0 fully saturated rings. The summed E-state index contributed by atoms with van der Waals surface area (Å²) in [6.45, 7) is 8.65. The lowest BCUT2D eigenvalue weighted by atomic mass is 10.1. The van der Waals surface area contributed by atoms with Gasteiger partial charge >= 0.3 is 0 Å². The number of aromatic nitrogens is 2. The quantitative estimate of drug-likeness (QED) is 0.777. The van der Waals surface area contributed by atoms with Crippen LogP contribution in [-0.4, -0.2) is 9.78 Å². The van der Waals surface area contributed by atoms with Crippen LogP contribution < -0.4 is 5.73 Å². The molecule has 74 valence electrons. The van der Waals surface area contributed by atoms with Crippen LogP contribution in [0.1, 0.15) is 39.4 Å². The molecule has 1 aromatic heterocycles. The second-order valence-corrected chi connectivity index (χ2v) is 4.20. The van der Waals surface area contributed by atoms with Crippen LogP contribution in [0.4, 0.5) is 5.82 Å². The maximum Gasteiger partial charge on any atom is 0.145 e. The zero-order chi connectivity index (χ0) is 10.0. The topological polar surface area (TPSA) is 43.8 Å². The smallest absolute Gasteiger partial charge is 0.145 e. The van der Waals surface area contributed by atoms with Crippen molar-refractivity contribution in [1.82, 2.24) is 9.78 Å². The minimum absolute atomic E-state index is 0.394. The SMILES string of the molecule is CC(C)Cc1cc(N)nn1C(C)C. The van der Waals surface area contributed by atoms with Crippen molar-refractivity contribution in [3.8, 4) is 0 Å². The molecule has 0 saturated heterocycles. The predicted octanol–water partition coefficient (Wildman–Crippen LogP) is 2.24. The Balaban J connectivity index is 2.91. The second kappa shape index (κ2) is 3.81. The number of hydrogen-bond donors (Lipinski definition) is 1. The van der Waals surface area contributed by atoms with Gasteiger partial charge in [-0.2, -0.15) is 5.10 Å². The first-order chi connectivity index (χ1) is 6.00. The molecule has 0 aromatic carbocycles. The average Bonchev–Trinajstić information content (AvgIpc) is 2.29. The molecule has 0 spiro atoms. The molecule has 0 aliphatic heterocycles. The summed E-state index contributed by atoms with van der Waals surface area (Å²) in [6, 6.07) is 2.37. The molecule has 0 aliphatic carbocycles. The van der Waals surface area contributed by atoms with E-state index in [1.54, 1.807) is 0 Å². The Labute approximate surface area is 79.9 Å². The van der Waals surface area contributed by atoms with Crippen LogP contribution >= 0.6 is 0 Å². The van der Waals surface area contributed by atoms with Crippen LogP contribution in [0.2, 0.25) is 0 Å². The lowest BCUT2D eigenvalue weighted by molar-refractivity contribution is 0.490. The van der Waals surface area contributed by atoms with Gasteiger partial charge in [-0.25, -0.2) is 0 Å².